The van der Waals surface area contributed by atoms with Crippen LogP contribution in [0.15, 0.2) is 60.7 Å². The van der Waals surface area contributed by atoms with Crippen LogP contribution in [0.3, 0.4) is 0 Å². The van der Waals surface area contributed by atoms with E-state index >= 15 is 0 Å². The van der Waals surface area contributed by atoms with E-state index in [1.165, 1.54) is 7.11 Å². The maximum atomic E-state index is 13.3. The van der Waals surface area contributed by atoms with Crippen molar-refractivity contribution in [1.29, 1.82) is 0 Å². The number of ether oxygens (including phenoxy) is 1. The summed E-state index contributed by atoms with van der Waals surface area (Å²) in [4.78, 5) is 0. The molecule has 2 aromatic rings. The third kappa shape index (κ3) is 3.17. The van der Waals surface area contributed by atoms with Gasteiger partial charge in [-0.05, 0) is 24.3 Å². The molecule has 2 aromatic carbocycles. The van der Waals surface area contributed by atoms with E-state index in [2.05, 4.69) is 0 Å². The molecule has 1 unspecified atom stereocenters. The van der Waals surface area contributed by atoms with Crippen molar-refractivity contribution in [3.8, 4) is 0 Å². The standard InChI is InChI=1S/C15H17O4P/c1-18-15(12-16)19-20(17,13-8-4-2-5-9-13)14-10-6-3-7-11-14/h2-11,15-16H,12H2,1H3. The van der Waals surface area contributed by atoms with E-state index in [0.29, 0.717) is 10.6 Å². The minimum atomic E-state index is -3.30. The molecule has 0 radical (unpaired) electrons. The molecule has 0 heterocycles. The Morgan fingerprint density at radius 3 is 1.80 bits per heavy atom. The Kier molecular flexibility index (Phi) is 5.10. The predicted octanol–water partition coefficient (Wildman–Crippen LogP) is 1.90. The van der Waals surface area contributed by atoms with Crippen molar-refractivity contribution in [3.63, 3.8) is 0 Å². The van der Waals surface area contributed by atoms with Crippen LogP contribution in [0.4, 0.5) is 0 Å². The van der Waals surface area contributed by atoms with Gasteiger partial charge in [0.2, 0.25) is 0 Å². The molecular weight excluding hydrogens is 275 g/mol. The van der Waals surface area contributed by atoms with Gasteiger partial charge in [-0.2, -0.15) is 0 Å². The van der Waals surface area contributed by atoms with Crippen LogP contribution in [-0.4, -0.2) is 25.1 Å². The molecule has 0 aromatic heterocycles. The second-order valence-electron chi connectivity index (χ2n) is 4.18. The van der Waals surface area contributed by atoms with Gasteiger partial charge in [0.05, 0.1) is 6.61 Å². The molecule has 0 saturated carbocycles. The molecule has 5 heteroatoms. The number of aliphatic hydroxyl groups is 1. The van der Waals surface area contributed by atoms with Crippen molar-refractivity contribution in [2.45, 2.75) is 6.29 Å². The zero-order valence-electron chi connectivity index (χ0n) is 11.2. The van der Waals surface area contributed by atoms with Gasteiger partial charge < -0.3 is 9.84 Å². The average Bonchev–Trinajstić information content (AvgIpc) is 2.54. The van der Waals surface area contributed by atoms with E-state index in [1.807, 2.05) is 12.1 Å². The second-order valence-corrected chi connectivity index (χ2v) is 6.52. The van der Waals surface area contributed by atoms with Crippen molar-refractivity contribution in [2.24, 2.45) is 0 Å². The molecule has 0 aliphatic heterocycles. The lowest BCUT2D eigenvalue weighted by atomic mass is 10.4. The van der Waals surface area contributed by atoms with Crippen molar-refractivity contribution < 1.29 is 18.9 Å². The van der Waals surface area contributed by atoms with Gasteiger partial charge in [0, 0.05) is 17.7 Å². The molecule has 0 aliphatic carbocycles. The lowest BCUT2D eigenvalue weighted by Crippen LogP contribution is -2.26. The van der Waals surface area contributed by atoms with Gasteiger partial charge in [-0.25, -0.2) is 0 Å². The van der Waals surface area contributed by atoms with Crippen LogP contribution in [0.5, 0.6) is 0 Å². The summed E-state index contributed by atoms with van der Waals surface area (Å²) in [5.41, 5.74) is 0. The minimum Gasteiger partial charge on any atom is -0.391 e. The zero-order chi connectivity index (χ0) is 14.4. The lowest BCUT2D eigenvalue weighted by Gasteiger charge is -2.23. The van der Waals surface area contributed by atoms with Gasteiger partial charge in [0.15, 0.2) is 6.29 Å². The number of rotatable bonds is 6. The molecule has 0 bridgehead atoms. The molecule has 106 valence electrons. The fourth-order valence-corrected chi connectivity index (χ4v) is 3.99. The highest BCUT2D eigenvalue weighted by atomic mass is 31.2. The Morgan fingerprint density at radius 2 is 1.45 bits per heavy atom. The molecule has 1 atom stereocenters. The molecular formula is C15H17O4P. The molecule has 0 aliphatic rings. The SMILES string of the molecule is COC(CO)OP(=O)(c1ccccc1)c1ccccc1. The summed E-state index contributed by atoms with van der Waals surface area (Å²) in [6.45, 7) is -0.361. The minimum absolute atomic E-state index is 0.361. The molecule has 2 rings (SSSR count). The molecule has 0 amide bonds. The first-order chi connectivity index (χ1) is 9.70. The Labute approximate surface area is 118 Å². The number of benzene rings is 2. The van der Waals surface area contributed by atoms with Crippen LogP contribution in [-0.2, 0) is 13.8 Å². The molecule has 20 heavy (non-hydrogen) atoms. The first kappa shape index (κ1) is 14.9. The Balaban J connectivity index is 2.47. The molecule has 1 N–H and O–H groups in total. The van der Waals surface area contributed by atoms with E-state index in [0.717, 1.165) is 0 Å². The van der Waals surface area contributed by atoms with Crippen LogP contribution >= 0.6 is 7.37 Å². The van der Waals surface area contributed by atoms with Gasteiger partial charge in [0.25, 0.3) is 7.37 Å². The van der Waals surface area contributed by atoms with E-state index in [4.69, 9.17) is 9.26 Å². The smallest absolute Gasteiger partial charge is 0.263 e. The van der Waals surface area contributed by atoms with Gasteiger partial charge in [0.1, 0.15) is 0 Å². The van der Waals surface area contributed by atoms with Crippen molar-refractivity contribution in [2.75, 3.05) is 13.7 Å². The molecule has 4 nitrogen and oxygen atoms in total. The van der Waals surface area contributed by atoms with Crippen LogP contribution in [0.1, 0.15) is 0 Å². The van der Waals surface area contributed by atoms with E-state index in [9.17, 15) is 9.67 Å². The predicted molar refractivity (Wildman–Crippen MR) is 78.7 cm³/mol. The highest BCUT2D eigenvalue weighted by Gasteiger charge is 2.31. The van der Waals surface area contributed by atoms with Crippen molar-refractivity contribution in [3.05, 3.63) is 60.7 Å². The van der Waals surface area contributed by atoms with E-state index < -0.39 is 13.7 Å². The summed E-state index contributed by atoms with van der Waals surface area (Å²) in [6, 6.07) is 17.9. The quantitative estimate of drug-likeness (QED) is 0.652. The number of hydrogen-bond acceptors (Lipinski definition) is 4. The van der Waals surface area contributed by atoms with E-state index in [-0.39, 0.29) is 6.61 Å². The lowest BCUT2D eigenvalue weighted by molar-refractivity contribution is -0.0807. The van der Waals surface area contributed by atoms with Crippen LogP contribution in [0, 0.1) is 0 Å². The summed E-state index contributed by atoms with van der Waals surface area (Å²) in [6.07, 6.45) is -0.929. The Morgan fingerprint density at radius 1 is 1.00 bits per heavy atom. The molecule has 0 saturated heterocycles. The molecule has 0 fully saturated rings. The maximum Gasteiger partial charge on any atom is 0.263 e. The summed E-state index contributed by atoms with van der Waals surface area (Å²) in [7, 11) is -1.89. The summed E-state index contributed by atoms with van der Waals surface area (Å²) >= 11 is 0. The summed E-state index contributed by atoms with van der Waals surface area (Å²) in [5, 5.41) is 10.4. The highest BCUT2D eigenvalue weighted by Crippen LogP contribution is 2.45. The molecule has 0 spiro atoms. The van der Waals surface area contributed by atoms with Gasteiger partial charge in [-0.3, -0.25) is 9.09 Å². The van der Waals surface area contributed by atoms with Gasteiger partial charge in [-0.15, -0.1) is 0 Å². The summed E-state index contributed by atoms with van der Waals surface area (Å²) < 4.78 is 23.9. The zero-order valence-corrected chi connectivity index (χ0v) is 12.1. The average molecular weight is 292 g/mol. The van der Waals surface area contributed by atoms with Crippen LogP contribution in [0.25, 0.3) is 0 Å². The Hall–Kier alpha value is -1.45. The largest absolute Gasteiger partial charge is 0.391 e. The maximum absolute atomic E-state index is 13.3. The fourth-order valence-electron chi connectivity index (χ4n) is 1.84. The topological polar surface area (TPSA) is 55.8 Å². The Bertz CT molecular complexity index is 523. The number of hydrogen-bond donors (Lipinski definition) is 1. The van der Waals surface area contributed by atoms with Crippen molar-refractivity contribution >= 4 is 18.0 Å². The van der Waals surface area contributed by atoms with Gasteiger partial charge >= 0.3 is 0 Å². The normalized spacial score (nSPS) is 13.1. The van der Waals surface area contributed by atoms with Crippen LogP contribution < -0.4 is 10.6 Å². The van der Waals surface area contributed by atoms with Gasteiger partial charge in [-0.1, -0.05) is 36.4 Å². The number of aliphatic hydroxyl groups excluding tert-OH is 1. The fraction of sp³-hybridized carbons (Fsp3) is 0.200. The monoisotopic (exact) mass is 292 g/mol. The first-order valence-corrected chi connectivity index (χ1v) is 7.86. The third-order valence-electron chi connectivity index (χ3n) is 2.87. The first-order valence-electron chi connectivity index (χ1n) is 6.24. The highest BCUT2D eigenvalue weighted by molar-refractivity contribution is 7.74. The third-order valence-corrected chi connectivity index (χ3v) is 5.36. The summed E-state index contributed by atoms with van der Waals surface area (Å²) in [5.74, 6) is 0. The van der Waals surface area contributed by atoms with E-state index in [1.54, 1.807) is 48.5 Å². The number of methoxy groups -OCH3 is 1. The van der Waals surface area contributed by atoms with Crippen molar-refractivity contribution in [1.82, 2.24) is 0 Å². The van der Waals surface area contributed by atoms with Crippen LogP contribution in [0.2, 0.25) is 0 Å². The second kappa shape index (κ2) is 6.82.